The van der Waals surface area contributed by atoms with Crippen LogP contribution in [-0.2, 0) is 6.54 Å². The third-order valence-corrected chi connectivity index (χ3v) is 3.75. The Balaban J connectivity index is 1.73. The molecule has 3 aromatic rings. The van der Waals surface area contributed by atoms with Gasteiger partial charge in [0.1, 0.15) is 5.56 Å². The Morgan fingerprint density at radius 3 is 2.56 bits per heavy atom. The molecule has 2 aromatic carbocycles. The lowest BCUT2D eigenvalue weighted by Crippen LogP contribution is -2.22. The van der Waals surface area contributed by atoms with Gasteiger partial charge in [0.25, 0.3) is 5.91 Å². The van der Waals surface area contributed by atoms with E-state index >= 15 is 0 Å². The van der Waals surface area contributed by atoms with Gasteiger partial charge < -0.3 is 19.3 Å². The van der Waals surface area contributed by atoms with Crippen LogP contribution in [0.4, 0.5) is 0 Å². The van der Waals surface area contributed by atoms with E-state index in [1.807, 2.05) is 42.5 Å². The fraction of sp³-hybridized carbons (Fsp3) is 0.158. The van der Waals surface area contributed by atoms with Crippen molar-refractivity contribution in [1.82, 2.24) is 10.5 Å². The van der Waals surface area contributed by atoms with Gasteiger partial charge in [-0.3, -0.25) is 4.79 Å². The lowest BCUT2D eigenvalue weighted by atomic mass is 10.1. The first-order valence-electron chi connectivity index (χ1n) is 7.72. The van der Waals surface area contributed by atoms with Crippen LogP contribution in [0.25, 0.3) is 11.3 Å². The van der Waals surface area contributed by atoms with Gasteiger partial charge in [-0.05, 0) is 17.7 Å². The minimum atomic E-state index is -0.255. The van der Waals surface area contributed by atoms with Crippen molar-refractivity contribution < 1.29 is 18.8 Å². The molecule has 0 fully saturated rings. The molecule has 3 rings (SSSR count). The van der Waals surface area contributed by atoms with E-state index in [1.165, 1.54) is 6.20 Å². The third kappa shape index (κ3) is 3.63. The van der Waals surface area contributed by atoms with Gasteiger partial charge >= 0.3 is 0 Å². The quantitative estimate of drug-likeness (QED) is 0.746. The molecule has 1 heterocycles. The lowest BCUT2D eigenvalue weighted by Gasteiger charge is -2.10. The van der Waals surface area contributed by atoms with E-state index < -0.39 is 0 Å². The molecule has 1 N–H and O–H groups in total. The largest absolute Gasteiger partial charge is 0.493 e. The molecule has 0 radical (unpaired) electrons. The molecule has 0 saturated heterocycles. The number of hydrogen-bond donors (Lipinski definition) is 1. The smallest absolute Gasteiger partial charge is 0.257 e. The van der Waals surface area contributed by atoms with Crippen molar-refractivity contribution in [2.75, 3.05) is 14.2 Å². The number of nitrogens with zero attached hydrogens (tertiary/aromatic N) is 1. The summed E-state index contributed by atoms with van der Waals surface area (Å²) in [5.41, 5.74) is 2.09. The summed E-state index contributed by atoms with van der Waals surface area (Å²) in [5, 5.41) is 6.62. The topological polar surface area (TPSA) is 73.6 Å². The Kier molecular flexibility index (Phi) is 4.99. The van der Waals surface area contributed by atoms with E-state index in [4.69, 9.17) is 14.0 Å². The van der Waals surface area contributed by atoms with Crippen LogP contribution >= 0.6 is 0 Å². The van der Waals surface area contributed by atoms with Crippen LogP contribution in [0.3, 0.4) is 0 Å². The molecule has 1 aromatic heterocycles. The first kappa shape index (κ1) is 16.6. The summed E-state index contributed by atoms with van der Waals surface area (Å²) in [5.74, 6) is 1.45. The molecule has 0 saturated carbocycles. The number of amides is 1. The predicted molar refractivity (Wildman–Crippen MR) is 92.7 cm³/mol. The van der Waals surface area contributed by atoms with Gasteiger partial charge in [0, 0.05) is 12.1 Å². The highest BCUT2D eigenvalue weighted by molar-refractivity contribution is 5.99. The second-order valence-corrected chi connectivity index (χ2v) is 5.31. The SMILES string of the molecule is COc1ccc(CNC(=O)c2cnoc2-c2ccccc2)cc1OC. The van der Waals surface area contributed by atoms with Gasteiger partial charge in [-0.1, -0.05) is 41.6 Å². The highest BCUT2D eigenvalue weighted by Gasteiger charge is 2.17. The van der Waals surface area contributed by atoms with Gasteiger partial charge in [-0.15, -0.1) is 0 Å². The van der Waals surface area contributed by atoms with Crippen LogP contribution in [0.1, 0.15) is 15.9 Å². The Morgan fingerprint density at radius 1 is 1.08 bits per heavy atom. The standard InChI is InChI=1S/C19H18N2O4/c1-23-16-9-8-13(10-17(16)24-2)11-20-19(22)15-12-21-25-18(15)14-6-4-3-5-7-14/h3-10,12H,11H2,1-2H3,(H,20,22). The second kappa shape index (κ2) is 7.53. The minimum Gasteiger partial charge on any atom is -0.493 e. The van der Waals surface area contributed by atoms with Gasteiger partial charge in [0.15, 0.2) is 17.3 Å². The molecular weight excluding hydrogens is 320 g/mol. The zero-order valence-electron chi connectivity index (χ0n) is 14.0. The fourth-order valence-corrected chi connectivity index (χ4v) is 2.47. The molecule has 0 aliphatic heterocycles. The molecular formula is C19H18N2O4. The third-order valence-electron chi connectivity index (χ3n) is 3.75. The van der Waals surface area contributed by atoms with E-state index in [0.29, 0.717) is 29.4 Å². The summed E-state index contributed by atoms with van der Waals surface area (Å²) in [7, 11) is 3.15. The number of ether oxygens (including phenoxy) is 2. The van der Waals surface area contributed by atoms with Crippen molar-refractivity contribution >= 4 is 5.91 Å². The summed E-state index contributed by atoms with van der Waals surface area (Å²) < 4.78 is 15.7. The van der Waals surface area contributed by atoms with Crippen LogP contribution in [0.15, 0.2) is 59.3 Å². The summed E-state index contributed by atoms with van der Waals surface area (Å²) in [6.45, 7) is 0.346. The maximum atomic E-state index is 12.5. The number of aromatic nitrogens is 1. The van der Waals surface area contributed by atoms with Crippen LogP contribution in [0.5, 0.6) is 11.5 Å². The molecule has 0 aliphatic rings. The van der Waals surface area contributed by atoms with Gasteiger partial charge in [0.05, 0.1) is 20.4 Å². The highest BCUT2D eigenvalue weighted by Crippen LogP contribution is 2.27. The van der Waals surface area contributed by atoms with Crippen molar-refractivity contribution in [1.29, 1.82) is 0 Å². The molecule has 25 heavy (non-hydrogen) atoms. The van der Waals surface area contributed by atoms with Crippen molar-refractivity contribution in [3.05, 3.63) is 65.9 Å². The molecule has 0 unspecified atom stereocenters. The maximum absolute atomic E-state index is 12.5. The van der Waals surface area contributed by atoms with Crippen molar-refractivity contribution in [2.24, 2.45) is 0 Å². The van der Waals surface area contributed by atoms with Crippen molar-refractivity contribution in [3.8, 4) is 22.8 Å². The zero-order chi connectivity index (χ0) is 17.6. The highest BCUT2D eigenvalue weighted by atomic mass is 16.5. The molecule has 6 heteroatoms. The Hall–Kier alpha value is -3.28. The summed E-state index contributed by atoms with van der Waals surface area (Å²) >= 11 is 0. The number of carbonyl (C=O) groups excluding carboxylic acids is 1. The summed E-state index contributed by atoms with van der Waals surface area (Å²) in [6.07, 6.45) is 1.42. The lowest BCUT2D eigenvalue weighted by molar-refractivity contribution is 0.0951. The Labute approximate surface area is 145 Å². The van der Waals surface area contributed by atoms with E-state index in [9.17, 15) is 4.79 Å². The van der Waals surface area contributed by atoms with Gasteiger partial charge in [0.2, 0.25) is 0 Å². The maximum Gasteiger partial charge on any atom is 0.257 e. The van der Waals surface area contributed by atoms with Crippen LogP contribution in [0, 0.1) is 0 Å². The molecule has 128 valence electrons. The fourth-order valence-electron chi connectivity index (χ4n) is 2.47. The van der Waals surface area contributed by atoms with Crippen molar-refractivity contribution in [2.45, 2.75) is 6.54 Å². The first-order valence-corrected chi connectivity index (χ1v) is 7.72. The monoisotopic (exact) mass is 338 g/mol. The molecule has 0 atom stereocenters. The predicted octanol–water partition coefficient (Wildman–Crippen LogP) is 3.29. The van der Waals surface area contributed by atoms with Crippen LogP contribution < -0.4 is 14.8 Å². The number of benzene rings is 2. The molecule has 0 aliphatic carbocycles. The zero-order valence-corrected chi connectivity index (χ0v) is 14.0. The number of carbonyl (C=O) groups is 1. The minimum absolute atomic E-state index is 0.255. The van der Waals surface area contributed by atoms with Gasteiger partial charge in [-0.25, -0.2) is 0 Å². The summed E-state index contributed by atoms with van der Waals surface area (Å²) in [6, 6.07) is 14.9. The number of methoxy groups -OCH3 is 2. The molecule has 0 spiro atoms. The average Bonchev–Trinajstić information content (AvgIpc) is 3.16. The average molecular weight is 338 g/mol. The number of hydrogen-bond acceptors (Lipinski definition) is 5. The Morgan fingerprint density at radius 2 is 1.84 bits per heavy atom. The van der Waals surface area contributed by atoms with Crippen LogP contribution in [0.2, 0.25) is 0 Å². The number of rotatable bonds is 6. The summed E-state index contributed by atoms with van der Waals surface area (Å²) in [4.78, 5) is 12.5. The van der Waals surface area contributed by atoms with Gasteiger partial charge in [-0.2, -0.15) is 0 Å². The van der Waals surface area contributed by atoms with E-state index in [1.54, 1.807) is 20.3 Å². The van der Waals surface area contributed by atoms with E-state index in [0.717, 1.165) is 11.1 Å². The van der Waals surface area contributed by atoms with E-state index in [-0.39, 0.29) is 5.91 Å². The second-order valence-electron chi connectivity index (χ2n) is 5.31. The normalized spacial score (nSPS) is 10.3. The molecule has 6 nitrogen and oxygen atoms in total. The van der Waals surface area contributed by atoms with Crippen LogP contribution in [-0.4, -0.2) is 25.3 Å². The first-order chi connectivity index (χ1) is 12.2. The van der Waals surface area contributed by atoms with E-state index in [2.05, 4.69) is 10.5 Å². The molecule has 0 bridgehead atoms. The number of nitrogens with one attached hydrogen (secondary N) is 1. The van der Waals surface area contributed by atoms with Crippen molar-refractivity contribution in [3.63, 3.8) is 0 Å². The Bertz CT molecular complexity index is 859. The molecule has 1 amide bonds.